The minimum absolute atomic E-state index is 0.189. The number of benzene rings is 1. The van der Waals surface area contributed by atoms with Crippen LogP contribution in [0.4, 0.5) is 0 Å². The van der Waals surface area contributed by atoms with Gasteiger partial charge in [-0.15, -0.1) is 0 Å². The minimum atomic E-state index is 0.189. The maximum absolute atomic E-state index is 5.31. The number of aromatic nitrogens is 2. The number of rotatable bonds is 5. The van der Waals surface area contributed by atoms with Crippen molar-refractivity contribution in [2.75, 3.05) is 32.7 Å². The first-order chi connectivity index (χ1) is 11.6. The molecule has 1 saturated heterocycles. The molecular weight excluding hydrogens is 300 g/mol. The second kappa shape index (κ2) is 7.73. The summed E-state index contributed by atoms with van der Waals surface area (Å²) in [6, 6.07) is 10.7. The van der Waals surface area contributed by atoms with Gasteiger partial charge in [0, 0.05) is 32.7 Å². The molecule has 2 aromatic rings. The Kier molecular flexibility index (Phi) is 5.43. The Morgan fingerprint density at radius 3 is 2.54 bits per heavy atom. The molecule has 0 N–H and O–H groups in total. The summed E-state index contributed by atoms with van der Waals surface area (Å²) in [5.41, 5.74) is 2.67. The topological polar surface area (TPSA) is 45.4 Å². The Hall–Kier alpha value is -1.98. The van der Waals surface area contributed by atoms with Gasteiger partial charge in [-0.25, -0.2) is 0 Å². The first-order valence-corrected chi connectivity index (χ1v) is 8.60. The van der Waals surface area contributed by atoms with Crippen molar-refractivity contribution in [1.82, 2.24) is 19.9 Å². The second-order valence-electron chi connectivity index (χ2n) is 6.57. The van der Waals surface area contributed by atoms with Gasteiger partial charge in [-0.1, -0.05) is 47.1 Å². The van der Waals surface area contributed by atoms with Crippen LogP contribution in [0.2, 0.25) is 0 Å². The van der Waals surface area contributed by atoms with E-state index in [-0.39, 0.29) is 6.04 Å². The number of nitrogens with zero attached hydrogens (tertiary/aromatic N) is 4. The first kappa shape index (κ1) is 16.9. The van der Waals surface area contributed by atoms with Crippen LogP contribution in [0.3, 0.4) is 0 Å². The van der Waals surface area contributed by atoms with Gasteiger partial charge >= 0.3 is 0 Å². The summed E-state index contributed by atoms with van der Waals surface area (Å²) in [7, 11) is 0. The van der Waals surface area contributed by atoms with Gasteiger partial charge in [0.1, 0.15) is 0 Å². The van der Waals surface area contributed by atoms with Crippen LogP contribution < -0.4 is 0 Å². The third-order valence-electron chi connectivity index (χ3n) is 4.54. The van der Waals surface area contributed by atoms with Gasteiger partial charge in [0.05, 0.1) is 6.04 Å². The van der Waals surface area contributed by atoms with E-state index in [1.807, 2.05) is 6.92 Å². The van der Waals surface area contributed by atoms with E-state index in [9.17, 15) is 0 Å². The molecule has 3 rings (SSSR count). The molecule has 1 unspecified atom stereocenters. The monoisotopic (exact) mass is 326 g/mol. The predicted molar refractivity (Wildman–Crippen MR) is 95.6 cm³/mol. The zero-order chi connectivity index (χ0) is 16.9. The van der Waals surface area contributed by atoms with Gasteiger partial charge in [-0.2, -0.15) is 4.98 Å². The maximum Gasteiger partial charge on any atom is 0.243 e. The Labute approximate surface area is 144 Å². The molecule has 1 atom stereocenters. The average molecular weight is 326 g/mol. The normalized spacial score (nSPS) is 18.7. The summed E-state index contributed by atoms with van der Waals surface area (Å²) >= 11 is 0. The Balaban J connectivity index is 1.51. The summed E-state index contributed by atoms with van der Waals surface area (Å²) in [5, 5.41) is 3.90. The van der Waals surface area contributed by atoms with Crippen LogP contribution in [0.15, 0.2) is 40.4 Å². The van der Waals surface area contributed by atoms with Crippen LogP contribution in [0.25, 0.3) is 6.08 Å². The van der Waals surface area contributed by atoms with Crippen LogP contribution in [0, 0.1) is 6.92 Å². The van der Waals surface area contributed by atoms with Gasteiger partial charge < -0.3 is 4.52 Å². The molecule has 24 heavy (non-hydrogen) atoms. The average Bonchev–Trinajstić information content (AvgIpc) is 3.02. The molecule has 5 nitrogen and oxygen atoms in total. The number of aryl methyl sites for hydroxylation is 1. The fraction of sp³-hybridized carbons (Fsp3) is 0.474. The van der Waals surface area contributed by atoms with Crippen LogP contribution >= 0.6 is 0 Å². The molecule has 1 aliphatic rings. The smallest absolute Gasteiger partial charge is 0.243 e. The third kappa shape index (κ3) is 4.30. The highest BCUT2D eigenvalue weighted by Gasteiger charge is 2.25. The van der Waals surface area contributed by atoms with E-state index < -0.39 is 0 Å². The Morgan fingerprint density at radius 2 is 1.92 bits per heavy atom. The lowest BCUT2D eigenvalue weighted by Gasteiger charge is -2.36. The summed E-state index contributed by atoms with van der Waals surface area (Å²) in [6.07, 6.45) is 2.27. The van der Waals surface area contributed by atoms with E-state index in [0.29, 0.717) is 5.82 Å². The summed E-state index contributed by atoms with van der Waals surface area (Å²) in [4.78, 5) is 9.29. The molecule has 0 radical (unpaired) electrons. The lowest BCUT2D eigenvalue weighted by molar-refractivity contribution is 0.0935. The van der Waals surface area contributed by atoms with Crippen molar-refractivity contribution in [1.29, 1.82) is 0 Å². The predicted octanol–water partition coefficient (Wildman–Crippen LogP) is 3.16. The zero-order valence-electron chi connectivity index (χ0n) is 14.8. The SMILES string of the molecule is C/C(=C\c1ccccc1)CN1CCN(C(C)c2nc(C)no2)CC1. The molecule has 5 heteroatoms. The number of hydrogen-bond acceptors (Lipinski definition) is 5. The van der Waals surface area contributed by atoms with Crippen LogP contribution in [0.5, 0.6) is 0 Å². The Morgan fingerprint density at radius 1 is 1.21 bits per heavy atom. The fourth-order valence-corrected chi connectivity index (χ4v) is 3.18. The van der Waals surface area contributed by atoms with Crippen LogP contribution in [0.1, 0.15) is 37.2 Å². The van der Waals surface area contributed by atoms with Crippen molar-refractivity contribution in [2.24, 2.45) is 0 Å². The molecule has 0 saturated carbocycles. The van der Waals surface area contributed by atoms with Crippen molar-refractivity contribution >= 4 is 6.08 Å². The zero-order valence-corrected chi connectivity index (χ0v) is 14.8. The number of hydrogen-bond donors (Lipinski definition) is 0. The molecule has 2 heterocycles. The highest BCUT2D eigenvalue weighted by molar-refractivity contribution is 5.52. The van der Waals surface area contributed by atoms with E-state index in [1.54, 1.807) is 0 Å². The van der Waals surface area contributed by atoms with Crippen molar-refractivity contribution in [3.63, 3.8) is 0 Å². The van der Waals surface area contributed by atoms with E-state index in [1.165, 1.54) is 11.1 Å². The first-order valence-electron chi connectivity index (χ1n) is 8.60. The van der Waals surface area contributed by atoms with Gasteiger partial charge in [0.25, 0.3) is 0 Å². The number of piperazine rings is 1. The maximum atomic E-state index is 5.31. The van der Waals surface area contributed by atoms with Gasteiger partial charge in [-0.3, -0.25) is 9.80 Å². The largest absolute Gasteiger partial charge is 0.338 e. The molecule has 1 fully saturated rings. The molecule has 1 aromatic heterocycles. The highest BCUT2D eigenvalue weighted by Crippen LogP contribution is 2.20. The quantitative estimate of drug-likeness (QED) is 0.844. The molecule has 1 aliphatic heterocycles. The summed E-state index contributed by atoms with van der Waals surface area (Å²) < 4.78 is 5.31. The molecule has 0 amide bonds. The van der Waals surface area contributed by atoms with Crippen LogP contribution in [-0.4, -0.2) is 52.7 Å². The fourth-order valence-electron chi connectivity index (χ4n) is 3.18. The molecular formula is C19H26N4O. The molecule has 0 aliphatic carbocycles. The van der Waals surface area contributed by atoms with Crippen molar-refractivity contribution in [3.8, 4) is 0 Å². The lowest BCUT2D eigenvalue weighted by atomic mass is 10.1. The van der Waals surface area contributed by atoms with E-state index >= 15 is 0 Å². The Bertz CT molecular complexity index is 672. The molecule has 1 aromatic carbocycles. The van der Waals surface area contributed by atoms with Gasteiger partial charge in [0.15, 0.2) is 5.82 Å². The second-order valence-corrected chi connectivity index (χ2v) is 6.57. The van der Waals surface area contributed by atoms with Gasteiger partial charge in [-0.05, 0) is 26.3 Å². The molecule has 0 spiro atoms. The molecule has 128 valence electrons. The van der Waals surface area contributed by atoms with Crippen LogP contribution in [-0.2, 0) is 0 Å². The minimum Gasteiger partial charge on any atom is -0.338 e. The summed E-state index contributed by atoms with van der Waals surface area (Å²) in [5.74, 6) is 1.43. The highest BCUT2D eigenvalue weighted by atomic mass is 16.5. The standard InChI is InChI=1S/C19H26N4O/c1-15(13-18-7-5-4-6-8-18)14-22-9-11-23(12-10-22)16(2)19-20-17(3)21-24-19/h4-8,13,16H,9-12,14H2,1-3H3/b15-13+. The third-order valence-corrected chi connectivity index (χ3v) is 4.54. The van der Waals surface area contributed by atoms with E-state index in [0.717, 1.165) is 38.6 Å². The van der Waals surface area contributed by atoms with Crippen molar-refractivity contribution in [2.45, 2.75) is 26.8 Å². The van der Waals surface area contributed by atoms with Crippen molar-refractivity contribution < 1.29 is 4.52 Å². The van der Waals surface area contributed by atoms with Crippen molar-refractivity contribution in [3.05, 3.63) is 53.2 Å². The van der Waals surface area contributed by atoms with E-state index in [4.69, 9.17) is 4.52 Å². The van der Waals surface area contributed by atoms with E-state index in [2.05, 4.69) is 70.2 Å². The van der Waals surface area contributed by atoms with Gasteiger partial charge in [0.2, 0.25) is 5.89 Å². The summed E-state index contributed by atoms with van der Waals surface area (Å²) in [6.45, 7) is 11.4. The lowest BCUT2D eigenvalue weighted by Crippen LogP contribution is -2.47. The molecule has 0 bridgehead atoms.